The molecule has 0 fully saturated rings. The molecule has 0 spiro atoms. The summed E-state index contributed by atoms with van der Waals surface area (Å²) in [7, 11) is 0. The smallest absolute Gasteiger partial charge is 0.318 e. The van der Waals surface area contributed by atoms with Crippen molar-refractivity contribution in [3.8, 4) is 5.75 Å². The largest absolute Gasteiger partial charge is 0.426 e. The van der Waals surface area contributed by atoms with Crippen LogP contribution in [0.1, 0.15) is 52.4 Å². The Kier molecular flexibility index (Phi) is 6.04. The van der Waals surface area contributed by atoms with Gasteiger partial charge in [0.1, 0.15) is 5.75 Å². The topological polar surface area (TPSA) is 26.3 Å². The Morgan fingerprint density at radius 2 is 2.10 bits per heavy atom. The monoisotopic (exact) mass is 286 g/mol. The Labute approximate surface area is 128 Å². The minimum Gasteiger partial charge on any atom is -0.426 e. The summed E-state index contributed by atoms with van der Waals surface area (Å²) in [6.07, 6.45) is 9.57. The van der Waals surface area contributed by atoms with Crippen molar-refractivity contribution in [2.45, 2.75) is 52.4 Å². The zero-order chi connectivity index (χ0) is 15.1. The predicted octanol–water partition coefficient (Wildman–Crippen LogP) is 5.14. The first-order valence-electron chi connectivity index (χ1n) is 8.16. The van der Waals surface area contributed by atoms with Crippen LogP contribution in [0.15, 0.2) is 42.0 Å². The first-order chi connectivity index (χ1) is 10.2. The van der Waals surface area contributed by atoms with Crippen molar-refractivity contribution in [1.29, 1.82) is 0 Å². The lowest BCUT2D eigenvalue weighted by Crippen LogP contribution is -2.21. The van der Waals surface area contributed by atoms with Gasteiger partial charge in [0, 0.05) is 0 Å². The van der Waals surface area contributed by atoms with Gasteiger partial charge in [-0.25, -0.2) is 0 Å². The Morgan fingerprint density at radius 1 is 1.33 bits per heavy atom. The third kappa shape index (κ3) is 4.73. The lowest BCUT2D eigenvalue weighted by molar-refractivity contribution is -0.137. The normalized spacial score (nSPS) is 19.7. The Morgan fingerprint density at radius 3 is 2.71 bits per heavy atom. The molecule has 1 aliphatic rings. The Bertz CT molecular complexity index is 476. The summed E-state index contributed by atoms with van der Waals surface area (Å²) in [5, 5.41) is 0. The molecule has 0 radical (unpaired) electrons. The van der Waals surface area contributed by atoms with E-state index in [4.69, 9.17) is 4.74 Å². The van der Waals surface area contributed by atoms with E-state index in [1.165, 1.54) is 31.3 Å². The van der Waals surface area contributed by atoms with E-state index in [2.05, 4.69) is 13.0 Å². The number of carbonyl (C=O) groups excluding carboxylic acids is 1. The van der Waals surface area contributed by atoms with Crippen LogP contribution in [0.25, 0.3) is 0 Å². The van der Waals surface area contributed by atoms with E-state index < -0.39 is 0 Å². The molecule has 1 aliphatic carbocycles. The van der Waals surface area contributed by atoms with Gasteiger partial charge in [0.15, 0.2) is 0 Å². The van der Waals surface area contributed by atoms with Gasteiger partial charge in [0.2, 0.25) is 0 Å². The molecule has 0 saturated carbocycles. The molecule has 114 valence electrons. The van der Waals surface area contributed by atoms with Crippen molar-refractivity contribution in [2.24, 2.45) is 11.8 Å². The van der Waals surface area contributed by atoms with Gasteiger partial charge in [-0.05, 0) is 44.2 Å². The predicted molar refractivity (Wildman–Crippen MR) is 86.2 cm³/mol. The van der Waals surface area contributed by atoms with E-state index in [1.807, 2.05) is 37.3 Å². The van der Waals surface area contributed by atoms with Crippen LogP contribution >= 0.6 is 0 Å². The van der Waals surface area contributed by atoms with Crippen LogP contribution in [0.5, 0.6) is 5.75 Å². The summed E-state index contributed by atoms with van der Waals surface area (Å²) in [5.74, 6) is 1.18. The second-order valence-electron chi connectivity index (χ2n) is 6.02. The number of rotatable bonds is 6. The highest BCUT2D eigenvalue weighted by molar-refractivity contribution is 5.77. The van der Waals surface area contributed by atoms with Crippen LogP contribution in [0.4, 0.5) is 0 Å². The Balaban J connectivity index is 1.87. The number of carbonyl (C=O) groups is 1. The fraction of sp³-hybridized carbons (Fsp3) is 0.526. The highest BCUT2D eigenvalue weighted by Crippen LogP contribution is 2.31. The van der Waals surface area contributed by atoms with Crippen LogP contribution < -0.4 is 4.74 Å². The van der Waals surface area contributed by atoms with Crippen molar-refractivity contribution < 1.29 is 9.53 Å². The van der Waals surface area contributed by atoms with Gasteiger partial charge in [0.25, 0.3) is 0 Å². The number of ether oxygens (including phenoxy) is 1. The molecule has 0 amide bonds. The quantitative estimate of drug-likeness (QED) is 0.411. The van der Waals surface area contributed by atoms with Gasteiger partial charge in [-0.15, -0.1) is 0 Å². The summed E-state index contributed by atoms with van der Waals surface area (Å²) in [5.41, 5.74) is 1.25. The number of para-hydroxylation sites is 1. The fourth-order valence-corrected chi connectivity index (χ4v) is 2.90. The molecule has 2 nitrogen and oxygen atoms in total. The minimum absolute atomic E-state index is 0.127. The lowest BCUT2D eigenvalue weighted by atomic mass is 9.82. The summed E-state index contributed by atoms with van der Waals surface area (Å²) >= 11 is 0. The summed E-state index contributed by atoms with van der Waals surface area (Å²) in [4.78, 5) is 12.2. The number of esters is 1. The van der Waals surface area contributed by atoms with Crippen LogP contribution in [0, 0.1) is 11.8 Å². The molecule has 2 rings (SSSR count). The van der Waals surface area contributed by atoms with Crippen molar-refractivity contribution in [1.82, 2.24) is 0 Å². The lowest BCUT2D eigenvalue weighted by Gasteiger charge is -2.24. The number of benzene rings is 1. The molecule has 2 unspecified atom stereocenters. The first kappa shape index (κ1) is 15.8. The van der Waals surface area contributed by atoms with Crippen molar-refractivity contribution in [2.75, 3.05) is 0 Å². The maximum absolute atomic E-state index is 12.2. The fourth-order valence-electron chi connectivity index (χ4n) is 2.90. The minimum atomic E-state index is -0.139. The summed E-state index contributed by atoms with van der Waals surface area (Å²) in [6, 6.07) is 9.32. The third-order valence-electron chi connectivity index (χ3n) is 4.39. The second kappa shape index (κ2) is 8.02. The zero-order valence-electron chi connectivity index (χ0n) is 13.2. The van der Waals surface area contributed by atoms with E-state index in [0.29, 0.717) is 5.75 Å². The van der Waals surface area contributed by atoms with Crippen molar-refractivity contribution in [3.63, 3.8) is 0 Å². The van der Waals surface area contributed by atoms with Gasteiger partial charge in [-0.3, -0.25) is 4.79 Å². The van der Waals surface area contributed by atoms with Crippen LogP contribution in [-0.2, 0) is 4.79 Å². The van der Waals surface area contributed by atoms with E-state index in [-0.39, 0.29) is 11.9 Å². The average Bonchev–Trinajstić information content (AvgIpc) is 2.53. The summed E-state index contributed by atoms with van der Waals surface area (Å²) < 4.78 is 5.44. The molecule has 1 aromatic carbocycles. The molecular weight excluding hydrogens is 260 g/mol. The van der Waals surface area contributed by atoms with E-state index in [0.717, 1.165) is 18.8 Å². The maximum atomic E-state index is 12.2. The number of allylic oxidation sites excluding steroid dienone is 1. The first-order valence-corrected chi connectivity index (χ1v) is 8.16. The van der Waals surface area contributed by atoms with E-state index >= 15 is 0 Å². The highest BCUT2D eigenvalue weighted by Gasteiger charge is 2.23. The van der Waals surface area contributed by atoms with Crippen LogP contribution in [0.3, 0.4) is 0 Å². The molecule has 2 heteroatoms. The number of hydrogen-bond acceptors (Lipinski definition) is 2. The second-order valence-corrected chi connectivity index (χ2v) is 6.02. The van der Waals surface area contributed by atoms with Gasteiger partial charge in [0.05, 0.1) is 5.92 Å². The molecule has 0 aliphatic heterocycles. The Hall–Kier alpha value is -1.57. The molecular formula is C19H26O2. The van der Waals surface area contributed by atoms with E-state index in [1.54, 1.807) is 0 Å². The van der Waals surface area contributed by atoms with E-state index in [9.17, 15) is 4.79 Å². The van der Waals surface area contributed by atoms with Gasteiger partial charge >= 0.3 is 5.97 Å². The van der Waals surface area contributed by atoms with Gasteiger partial charge in [-0.1, -0.05) is 56.0 Å². The molecule has 0 bridgehead atoms. The highest BCUT2D eigenvalue weighted by atomic mass is 16.5. The molecule has 1 aromatic rings. The average molecular weight is 286 g/mol. The SMILES string of the molecule is CCCCC1CC=C(C(C)C(=O)Oc2ccccc2)CC1. The molecule has 0 heterocycles. The molecule has 0 N–H and O–H groups in total. The standard InChI is InChI=1S/C19H26O2/c1-3-4-8-16-11-13-17(14-12-16)15(2)19(20)21-18-9-6-5-7-10-18/h5-7,9-10,13,15-16H,3-4,8,11-12,14H2,1-2H3. The van der Waals surface area contributed by atoms with Crippen molar-refractivity contribution in [3.05, 3.63) is 42.0 Å². The van der Waals surface area contributed by atoms with Gasteiger partial charge < -0.3 is 4.74 Å². The van der Waals surface area contributed by atoms with Gasteiger partial charge in [-0.2, -0.15) is 0 Å². The van der Waals surface area contributed by atoms with Crippen LogP contribution in [0.2, 0.25) is 0 Å². The molecule has 2 atom stereocenters. The van der Waals surface area contributed by atoms with Crippen molar-refractivity contribution >= 4 is 5.97 Å². The zero-order valence-corrected chi connectivity index (χ0v) is 13.2. The molecule has 21 heavy (non-hydrogen) atoms. The maximum Gasteiger partial charge on any atom is 0.318 e. The van der Waals surface area contributed by atoms with Crippen LogP contribution in [-0.4, -0.2) is 5.97 Å². The number of hydrogen-bond donors (Lipinski definition) is 0. The summed E-state index contributed by atoms with van der Waals surface area (Å²) in [6.45, 7) is 4.20. The molecule has 0 saturated heterocycles. The number of unbranched alkanes of at least 4 members (excludes halogenated alkanes) is 1. The molecule has 0 aromatic heterocycles. The third-order valence-corrected chi connectivity index (χ3v) is 4.39.